The van der Waals surface area contributed by atoms with Crippen molar-refractivity contribution >= 4 is 10.0 Å². The molecule has 1 unspecified atom stereocenters. The molecular formula is C11H20N4O2S. The van der Waals surface area contributed by atoms with Crippen molar-refractivity contribution in [3.05, 3.63) is 11.4 Å². The molecule has 0 amide bonds. The van der Waals surface area contributed by atoms with E-state index in [2.05, 4.69) is 9.82 Å². The molecule has 0 aromatic carbocycles. The summed E-state index contributed by atoms with van der Waals surface area (Å²) in [5.74, 6) is 0.476. The van der Waals surface area contributed by atoms with Crippen molar-refractivity contribution < 1.29 is 8.42 Å². The van der Waals surface area contributed by atoms with Crippen LogP contribution >= 0.6 is 0 Å². The summed E-state index contributed by atoms with van der Waals surface area (Å²) in [7, 11) is -1.78. The van der Waals surface area contributed by atoms with E-state index in [4.69, 9.17) is 5.73 Å². The first kappa shape index (κ1) is 13.5. The normalized spacial score (nSPS) is 18.0. The summed E-state index contributed by atoms with van der Waals surface area (Å²) in [5, 5.41) is 4.12. The minimum atomic E-state index is -3.51. The van der Waals surface area contributed by atoms with Crippen LogP contribution in [0, 0.1) is 19.8 Å². The van der Waals surface area contributed by atoms with Gasteiger partial charge < -0.3 is 5.73 Å². The van der Waals surface area contributed by atoms with Crippen LogP contribution in [0.2, 0.25) is 0 Å². The second-order valence-corrected chi connectivity index (χ2v) is 6.68. The number of aromatic nitrogens is 2. The fourth-order valence-electron chi connectivity index (χ4n) is 2.11. The van der Waals surface area contributed by atoms with Crippen LogP contribution in [0.5, 0.6) is 0 Å². The van der Waals surface area contributed by atoms with Gasteiger partial charge in [0.15, 0.2) is 0 Å². The first-order valence-corrected chi connectivity index (χ1v) is 7.56. The van der Waals surface area contributed by atoms with Gasteiger partial charge in [0.1, 0.15) is 4.90 Å². The topological polar surface area (TPSA) is 90.0 Å². The third-order valence-corrected chi connectivity index (χ3v) is 5.12. The minimum Gasteiger partial charge on any atom is -0.326 e. The smallest absolute Gasteiger partial charge is 0.244 e. The molecule has 3 N–H and O–H groups in total. The Bertz CT molecular complexity index is 546. The molecule has 1 aromatic rings. The lowest BCUT2D eigenvalue weighted by Gasteiger charge is -2.12. The molecule has 1 saturated carbocycles. The molecule has 0 bridgehead atoms. The van der Waals surface area contributed by atoms with Crippen molar-refractivity contribution in [1.82, 2.24) is 14.5 Å². The standard InChI is InChI=1S/C11H20N4O2S/c1-7-11(8(2)15(3)14-7)18(16,17)13-6-10(12)9-4-5-9/h9-10,13H,4-6,12H2,1-3H3. The van der Waals surface area contributed by atoms with E-state index in [0.29, 0.717) is 23.9 Å². The number of rotatable bonds is 5. The zero-order chi connectivity index (χ0) is 13.5. The summed E-state index contributed by atoms with van der Waals surface area (Å²) in [6.07, 6.45) is 2.21. The summed E-state index contributed by atoms with van der Waals surface area (Å²) in [5.41, 5.74) is 7.05. The predicted molar refractivity (Wildman–Crippen MR) is 68.6 cm³/mol. The molecule has 0 saturated heterocycles. The first-order valence-electron chi connectivity index (χ1n) is 6.08. The van der Waals surface area contributed by atoms with Gasteiger partial charge in [0.05, 0.1) is 11.4 Å². The van der Waals surface area contributed by atoms with E-state index in [1.54, 1.807) is 25.6 Å². The van der Waals surface area contributed by atoms with E-state index in [1.165, 1.54) is 0 Å². The van der Waals surface area contributed by atoms with Gasteiger partial charge in [0.25, 0.3) is 0 Å². The highest BCUT2D eigenvalue weighted by Crippen LogP contribution is 2.31. The van der Waals surface area contributed by atoms with Crippen LogP contribution < -0.4 is 10.5 Å². The monoisotopic (exact) mass is 272 g/mol. The molecule has 2 rings (SSSR count). The quantitative estimate of drug-likeness (QED) is 0.792. The van der Waals surface area contributed by atoms with E-state index in [-0.39, 0.29) is 10.9 Å². The zero-order valence-corrected chi connectivity index (χ0v) is 11.8. The molecule has 1 fully saturated rings. The van der Waals surface area contributed by atoms with Gasteiger partial charge in [-0.05, 0) is 32.6 Å². The highest BCUT2D eigenvalue weighted by molar-refractivity contribution is 7.89. The van der Waals surface area contributed by atoms with Crippen LogP contribution in [-0.2, 0) is 17.1 Å². The van der Waals surface area contributed by atoms with Gasteiger partial charge in [-0.1, -0.05) is 0 Å². The third kappa shape index (κ3) is 2.57. The predicted octanol–water partition coefficient (Wildman–Crippen LogP) is 0.0525. The second kappa shape index (κ2) is 4.64. The van der Waals surface area contributed by atoms with E-state index in [9.17, 15) is 8.42 Å². The van der Waals surface area contributed by atoms with Gasteiger partial charge in [-0.25, -0.2) is 13.1 Å². The van der Waals surface area contributed by atoms with Gasteiger partial charge in [0.2, 0.25) is 10.0 Å². The number of sulfonamides is 1. The Labute approximate surface area is 108 Å². The number of hydrogen-bond acceptors (Lipinski definition) is 4. The van der Waals surface area contributed by atoms with Crippen molar-refractivity contribution in [2.45, 2.75) is 37.6 Å². The molecule has 1 aliphatic carbocycles. The Morgan fingerprint density at radius 2 is 2.11 bits per heavy atom. The van der Waals surface area contributed by atoms with Gasteiger partial charge in [-0.2, -0.15) is 5.10 Å². The Kier molecular flexibility index (Phi) is 3.48. The van der Waals surface area contributed by atoms with Gasteiger partial charge in [-0.15, -0.1) is 0 Å². The van der Waals surface area contributed by atoms with Crippen molar-refractivity contribution in [1.29, 1.82) is 0 Å². The highest BCUT2D eigenvalue weighted by Gasteiger charge is 2.30. The van der Waals surface area contributed by atoms with Crippen LogP contribution in [-0.4, -0.2) is 30.8 Å². The molecular weight excluding hydrogens is 252 g/mol. The summed E-state index contributed by atoms with van der Waals surface area (Å²) >= 11 is 0. The molecule has 1 heterocycles. The molecule has 7 heteroatoms. The summed E-state index contributed by atoms with van der Waals surface area (Å²) in [6.45, 7) is 3.73. The van der Waals surface area contributed by atoms with Crippen LogP contribution in [0.15, 0.2) is 4.90 Å². The van der Waals surface area contributed by atoms with E-state index in [0.717, 1.165) is 12.8 Å². The number of nitrogens with zero attached hydrogens (tertiary/aromatic N) is 2. The molecule has 102 valence electrons. The Balaban J connectivity index is 2.14. The average molecular weight is 272 g/mol. The Morgan fingerprint density at radius 1 is 1.50 bits per heavy atom. The summed E-state index contributed by atoms with van der Waals surface area (Å²) in [4.78, 5) is 0.271. The van der Waals surface area contributed by atoms with Crippen molar-refractivity contribution in [3.8, 4) is 0 Å². The number of nitrogens with one attached hydrogen (secondary N) is 1. The fourth-order valence-corrected chi connectivity index (χ4v) is 3.62. The lowest BCUT2D eigenvalue weighted by atomic mass is 10.2. The molecule has 0 spiro atoms. The maximum Gasteiger partial charge on any atom is 0.244 e. The fraction of sp³-hybridized carbons (Fsp3) is 0.727. The van der Waals surface area contributed by atoms with Crippen LogP contribution in [0.4, 0.5) is 0 Å². The van der Waals surface area contributed by atoms with E-state index >= 15 is 0 Å². The molecule has 0 aliphatic heterocycles. The zero-order valence-electron chi connectivity index (χ0n) is 11.0. The Hall–Kier alpha value is -0.920. The maximum atomic E-state index is 12.2. The molecule has 1 atom stereocenters. The maximum absolute atomic E-state index is 12.2. The first-order chi connectivity index (χ1) is 8.33. The van der Waals surface area contributed by atoms with E-state index in [1.807, 2.05) is 0 Å². The molecule has 18 heavy (non-hydrogen) atoms. The van der Waals surface area contributed by atoms with Crippen molar-refractivity contribution in [3.63, 3.8) is 0 Å². The van der Waals surface area contributed by atoms with Gasteiger partial charge in [0, 0.05) is 19.6 Å². The number of nitrogens with two attached hydrogens (primary N) is 1. The number of aryl methyl sites for hydroxylation is 2. The molecule has 0 radical (unpaired) electrons. The minimum absolute atomic E-state index is 0.0861. The van der Waals surface area contributed by atoms with Gasteiger partial charge in [-0.3, -0.25) is 4.68 Å². The SMILES string of the molecule is Cc1nn(C)c(C)c1S(=O)(=O)NCC(N)C1CC1. The molecule has 1 aliphatic rings. The van der Waals surface area contributed by atoms with Crippen molar-refractivity contribution in [2.24, 2.45) is 18.7 Å². The Morgan fingerprint density at radius 3 is 2.56 bits per heavy atom. The van der Waals surface area contributed by atoms with Crippen molar-refractivity contribution in [2.75, 3.05) is 6.54 Å². The highest BCUT2D eigenvalue weighted by atomic mass is 32.2. The lowest BCUT2D eigenvalue weighted by Crippen LogP contribution is -2.38. The summed E-state index contributed by atoms with van der Waals surface area (Å²) in [6, 6.07) is -0.0861. The largest absolute Gasteiger partial charge is 0.326 e. The van der Waals surface area contributed by atoms with Crippen LogP contribution in [0.1, 0.15) is 24.2 Å². The number of hydrogen-bond donors (Lipinski definition) is 2. The van der Waals surface area contributed by atoms with Gasteiger partial charge >= 0.3 is 0 Å². The third-order valence-electron chi connectivity index (χ3n) is 3.45. The molecule has 1 aromatic heterocycles. The average Bonchev–Trinajstić information content (AvgIpc) is 3.05. The van der Waals surface area contributed by atoms with E-state index < -0.39 is 10.0 Å². The lowest BCUT2D eigenvalue weighted by molar-refractivity contribution is 0.547. The van der Waals surface area contributed by atoms with Crippen LogP contribution in [0.3, 0.4) is 0 Å². The second-order valence-electron chi connectivity index (χ2n) is 4.98. The summed E-state index contributed by atoms with van der Waals surface area (Å²) < 4.78 is 28.6. The van der Waals surface area contributed by atoms with Crippen LogP contribution in [0.25, 0.3) is 0 Å². The molecule has 6 nitrogen and oxygen atoms in total.